The van der Waals surface area contributed by atoms with Gasteiger partial charge in [-0.1, -0.05) is 11.6 Å². The summed E-state index contributed by atoms with van der Waals surface area (Å²) in [4.78, 5) is 11.8. The van der Waals surface area contributed by atoms with E-state index in [4.69, 9.17) is 21.6 Å². The number of nitrogens with zero attached hydrogens (tertiary/aromatic N) is 2. The van der Waals surface area contributed by atoms with Gasteiger partial charge in [0.1, 0.15) is 6.07 Å². The van der Waals surface area contributed by atoms with Gasteiger partial charge in [0.05, 0.1) is 10.8 Å². The monoisotopic (exact) mass is 342 g/mol. The van der Waals surface area contributed by atoms with Gasteiger partial charge in [0.2, 0.25) is 10.0 Å². The summed E-state index contributed by atoms with van der Waals surface area (Å²) >= 11 is 5.76. The Morgan fingerprint density at radius 2 is 1.91 bits per heavy atom. The van der Waals surface area contributed by atoms with E-state index in [1.54, 1.807) is 6.07 Å². The second-order valence-corrected chi connectivity index (χ2v) is 7.27. The highest BCUT2D eigenvalue weighted by atomic mass is 35.5. The van der Waals surface area contributed by atoms with Gasteiger partial charge in [-0.05, 0) is 37.1 Å². The van der Waals surface area contributed by atoms with Crippen LogP contribution >= 0.6 is 11.6 Å². The maximum atomic E-state index is 12.5. The highest BCUT2D eigenvalue weighted by molar-refractivity contribution is 7.89. The number of sulfonamides is 1. The van der Waals surface area contributed by atoms with Crippen molar-refractivity contribution >= 4 is 27.6 Å². The molecule has 0 N–H and O–H groups in total. The third-order valence-electron chi connectivity index (χ3n) is 3.52. The van der Waals surface area contributed by atoms with Crippen LogP contribution in [0.25, 0.3) is 0 Å². The zero-order valence-corrected chi connectivity index (χ0v) is 13.3. The maximum Gasteiger partial charge on any atom is 0.310 e. The number of hydrogen-bond acceptors (Lipinski definition) is 5. The number of ether oxygens (including phenoxy) is 1. The second-order valence-electron chi connectivity index (χ2n) is 4.90. The molecule has 1 aliphatic rings. The van der Waals surface area contributed by atoms with Gasteiger partial charge in [-0.25, -0.2) is 8.42 Å². The van der Waals surface area contributed by atoms with Crippen molar-refractivity contribution in [3.05, 3.63) is 29.3 Å². The molecule has 0 radical (unpaired) electrons. The molecule has 1 heterocycles. The Morgan fingerprint density at radius 3 is 2.45 bits per heavy atom. The fraction of sp³-hybridized carbons (Fsp3) is 0.429. The Hall–Kier alpha value is -1.62. The average molecular weight is 343 g/mol. The highest BCUT2D eigenvalue weighted by Gasteiger charge is 2.32. The van der Waals surface area contributed by atoms with Crippen LogP contribution in [0.3, 0.4) is 0 Å². The first-order valence-corrected chi connectivity index (χ1v) is 8.56. The molecule has 0 spiro atoms. The molecule has 1 fully saturated rings. The van der Waals surface area contributed by atoms with Crippen LogP contribution < -0.4 is 0 Å². The summed E-state index contributed by atoms with van der Waals surface area (Å²) in [6, 6.07) is 7.72. The van der Waals surface area contributed by atoms with Crippen molar-refractivity contribution < 1.29 is 17.9 Å². The zero-order valence-electron chi connectivity index (χ0n) is 11.7. The first kappa shape index (κ1) is 16.7. The molecular weight excluding hydrogens is 328 g/mol. The predicted octanol–water partition coefficient (Wildman–Crippen LogP) is 1.81. The topological polar surface area (TPSA) is 87.5 Å². The first-order chi connectivity index (χ1) is 10.4. The van der Waals surface area contributed by atoms with E-state index in [0.29, 0.717) is 17.9 Å². The minimum atomic E-state index is -3.57. The number of esters is 1. The van der Waals surface area contributed by atoms with E-state index in [1.807, 2.05) is 0 Å². The van der Waals surface area contributed by atoms with Crippen molar-refractivity contribution in [1.29, 1.82) is 5.26 Å². The van der Waals surface area contributed by atoms with Crippen LogP contribution in [0.4, 0.5) is 0 Å². The molecule has 0 atom stereocenters. The molecule has 0 bridgehead atoms. The van der Waals surface area contributed by atoms with E-state index in [0.717, 1.165) is 0 Å². The summed E-state index contributed by atoms with van der Waals surface area (Å²) in [6.45, 7) is 0.219. The predicted molar refractivity (Wildman–Crippen MR) is 79.5 cm³/mol. The van der Waals surface area contributed by atoms with Crippen molar-refractivity contribution in [3.8, 4) is 6.07 Å². The fourth-order valence-corrected chi connectivity index (χ4v) is 3.90. The smallest absolute Gasteiger partial charge is 0.310 e. The lowest BCUT2D eigenvalue weighted by Crippen LogP contribution is -2.40. The van der Waals surface area contributed by atoms with Gasteiger partial charge >= 0.3 is 5.97 Å². The van der Waals surface area contributed by atoms with Crippen LogP contribution in [-0.4, -0.2) is 38.4 Å². The normalized spacial score (nSPS) is 16.9. The fourth-order valence-electron chi connectivity index (χ4n) is 2.31. The maximum absolute atomic E-state index is 12.5. The molecule has 2 rings (SSSR count). The number of nitriles is 1. The van der Waals surface area contributed by atoms with E-state index in [9.17, 15) is 13.2 Å². The van der Waals surface area contributed by atoms with E-state index in [1.165, 1.54) is 28.6 Å². The molecule has 1 saturated heterocycles. The largest absolute Gasteiger partial charge is 0.450 e. The molecule has 22 heavy (non-hydrogen) atoms. The molecule has 0 aromatic heterocycles. The Morgan fingerprint density at radius 1 is 1.32 bits per heavy atom. The van der Waals surface area contributed by atoms with Crippen molar-refractivity contribution in [3.63, 3.8) is 0 Å². The summed E-state index contributed by atoms with van der Waals surface area (Å²) in [5, 5.41) is 8.85. The standard InChI is InChI=1S/C14H15ClN2O4S/c15-12-1-3-13(4-2-12)22(19,20)17-8-5-11(6-9-17)14(18)21-10-7-16/h1-4,11H,5-6,8-10H2. The molecule has 1 aromatic rings. The molecule has 0 saturated carbocycles. The summed E-state index contributed by atoms with van der Waals surface area (Å²) in [6.07, 6.45) is 0.772. The van der Waals surface area contributed by atoms with Gasteiger partial charge in [-0.15, -0.1) is 0 Å². The van der Waals surface area contributed by atoms with Gasteiger partial charge < -0.3 is 4.74 Å². The lowest BCUT2D eigenvalue weighted by atomic mass is 9.98. The molecule has 118 valence electrons. The van der Waals surface area contributed by atoms with E-state index < -0.39 is 16.0 Å². The minimum absolute atomic E-state index is 0.183. The average Bonchev–Trinajstić information content (AvgIpc) is 2.53. The number of carbonyl (C=O) groups excluding carboxylic acids is 1. The van der Waals surface area contributed by atoms with Crippen molar-refractivity contribution in [2.24, 2.45) is 5.92 Å². The Labute approximate surface area is 134 Å². The lowest BCUT2D eigenvalue weighted by molar-refractivity contribution is -0.148. The summed E-state index contributed by atoms with van der Waals surface area (Å²) in [7, 11) is -3.57. The Kier molecular flexibility index (Phi) is 5.40. The molecule has 0 amide bonds. The Balaban J connectivity index is 2.00. The third-order valence-corrected chi connectivity index (χ3v) is 5.68. The summed E-state index contributed by atoms with van der Waals surface area (Å²) < 4.78 is 31.1. The third kappa shape index (κ3) is 3.77. The second kappa shape index (κ2) is 7.09. The number of halogens is 1. The van der Waals surface area contributed by atoms with Gasteiger partial charge in [0, 0.05) is 18.1 Å². The van der Waals surface area contributed by atoms with Crippen molar-refractivity contribution in [2.45, 2.75) is 17.7 Å². The first-order valence-electron chi connectivity index (χ1n) is 6.74. The molecule has 6 nitrogen and oxygen atoms in total. The minimum Gasteiger partial charge on any atom is -0.450 e. The number of carbonyl (C=O) groups is 1. The Bertz CT molecular complexity index is 674. The summed E-state index contributed by atoms with van der Waals surface area (Å²) in [5.74, 6) is -0.796. The van der Waals surface area contributed by atoms with Gasteiger partial charge in [0.15, 0.2) is 6.61 Å². The van der Waals surface area contributed by atoms with Gasteiger partial charge in [-0.2, -0.15) is 9.57 Å². The van der Waals surface area contributed by atoms with Crippen LogP contribution in [0.1, 0.15) is 12.8 Å². The van der Waals surface area contributed by atoms with Gasteiger partial charge in [0.25, 0.3) is 0 Å². The van der Waals surface area contributed by atoms with Gasteiger partial charge in [-0.3, -0.25) is 4.79 Å². The van der Waals surface area contributed by atoms with Crippen LogP contribution in [0.15, 0.2) is 29.2 Å². The van der Waals surface area contributed by atoms with E-state index in [2.05, 4.69) is 0 Å². The molecule has 0 aliphatic carbocycles. The van der Waals surface area contributed by atoms with Crippen LogP contribution in [0.2, 0.25) is 5.02 Å². The molecule has 1 aromatic carbocycles. The SMILES string of the molecule is N#CCOC(=O)C1CCN(S(=O)(=O)c2ccc(Cl)cc2)CC1. The lowest BCUT2D eigenvalue weighted by Gasteiger charge is -2.29. The van der Waals surface area contributed by atoms with Crippen molar-refractivity contribution in [1.82, 2.24) is 4.31 Å². The van der Waals surface area contributed by atoms with Crippen LogP contribution in [-0.2, 0) is 19.6 Å². The molecular formula is C14H15ClN2O4S. The van der Waals surface area contributed by atoms with E-state index in [-0.39, 0.29) is 30.5 Å². The summed E-state index contributed by atoms with van der Waals surface area (Å²) in [5.41, 5.74) is 0. The number of piperidine rings is 1. The number of hydrogen-bond donors (Lipinski definition) is 0. The quantitative estimate of drug-likeness (QED) is 0.779. The van der Waals surface area contributed by atoms with E-state index >= 15 is 0 Å². The highest BCUT2D eigenvalue weighted by Crippen LogP contribution is 2.25. The molecule has 1 aliphatic heterocycles. The van der Waals surface area contributed by atoms with Crippen LogP contribution in [0, 0.1) is 17.2 Å². The number of benzene rings is 1. The number of rotatable bonds is 4. The zero-order chi connectivity index (χ0) is 16.2. The molecule has 0 unspecified atom stereocenters. The van der Waals surface area contributed by atoms with Crippen LogP contribution in [0.5, 0.6) is 0 Å². The van der Waals surface area contributed by atoms with Crippen molar-refractivity contribution in [2.75, 3.05) is 19.7 Å². The molecule has 8 heteroatoms.